The van der Waals surface area contributed by atoms with Gasteiger partial charge in [0.1, 0.15) is 0 Å². The molecule has 3 rings (SSSR count). The van der Waals surface area contributed by atoms with E-state index in [0.717, 1.165) is 5.56 Å². The third kappa shape index (κ3) is 5.44. The summed E-state index contributed by atoms with van der Waals surface area (Å²) in [4.78, 5) is 26.7. The van der Waals surface area contributed by atoms with Gasteiger partial charge in [0.25, 0.3) is 15.9 Å². The summed E-state index contributed by atoms with van der Waals surface area (Å²) >= 11 is 0. The quantitative estimate of drug-likeness (QED) is 0.688. The van der Waals surface area contributed by atoms with E-state index in [4.69, 9.17) is 4.74 Å². The van der Waals surface area contributed by atoms with Crippen LogP contribution in [0.25, 0.3) is 0 Å². The topological polar surface area (TPSA) is 92.8 Å². The molecule has 1 fully saturated rings. The van der Waals surface area contributed by atoms with Crippen LogP contribution in [-0.4, -0.2) is 44.9 Å². The van der Waals surface area contributed by atoms with Crippen molar-refractivity contribution in [2.24, 2.45) is 5.92 Å². The molecule has 0 aromatic heterocycles. The van der Waals surface area contributed by atoms with Gasteiger partial charge in [0.15, 0.2) is 0 Å². The number of esters is 1. The van der Waals surface area contributed by atoms with Gasteiger partial charge in [-0.3, -0.25) is 14.3 Å². The Balaban J connectivity index is 1.67. The molecule has 1 saturated heterocycles. The second-order valence-corrected chi connectivity index (χ2v) is 9.45. The summed E-state index contributed by atoms with van der Waals surface area (Å²) < 4.78 is 32.9. The number of rotatable bonds is 6. The van der Waals surface area contributed by atoms with Gasteiger partial charge in [-0.1, -0.05) is 17.7 Å². The van der Waals surface area contributed by atoms with Crippen molar-refractivity contribution in [1.29, 1.82) is 0 Å². The molecule has 1 N–H and O–H groups in total. The molecule has 2 aromatic rings. The van der Waals surface area contributed by atoms with Crippen molar-refractivity contribution in [3.8, 4) is 0 Å². The van der Waals surface area contributed by atoms with Gasteiger partial charge >= 0.3 is 5.97 Å². The number of anilines is 1. The number of amides is 1. The van der Waals surface area contributed by atoms with Crippen molar-refractivity contribution >= 4 is 27.6 Å². The van der Waals surface area contributed by atoms with Crippen LogP contribution in [0.3, 0.4) is 0 Å². The summed E-state index contributed by atoms with van der Waals surface area (Å²) in [6.45, 7) is 6.77. The first-order chi connectivity index (χ1) is 14.7. The molecule has 0 atom stereocenters. The largest absolute Gasteiger partial charge is 0.466 e. The predicted molar refractivity (Wildman–Crippen MR) is 118 cm³/mol. The number of hydrogen-bond acceptors (Lipinski definition) is 5. The number of ether oxygens (including phenoxy) is 1. The fraction of sp³-hybridized carbons (Fsp3) is 0.391. The molecule has 0 unspecified atom stereocenters. The van der Waals surface area contributed by atoms with Crippen LogP contribution >= 0.6 is 0 Å². The average molecular weight is 445 g/mol. The molecular weight excluding hydrogens is 416 g/mol. The van der Waals surface area contributed by atoms with Gasteiger partial charge < -0.3 is 9.64 Å². The molecule has 0 bridgehead atoms. The number of benzene rings is 2. The first kappa shape index (κ1) is 22.8. The van der Waals surface area contributed by atoms with Crippen LogP contribution < -0.4 is 4.72 Å². The number of nitrogens with zero attached hydrogens (tertiary/aromatic N) is 1. The predicted octanol–water partition coefficient (Wildman–Crippen LogP) is 3.52. The molecule has 2 aromatic carbocycles. The number of hydrogen-bond donors (Lipinski definition) is 1. The zero-order valence-electron chi connectivity index (χ0n) is 18.1. The van der Waals surface area contributed by atoms with Gasteiger partial charge in [-0.25, -0.2) is 8.42 Å². The third-order valence-electron chi connectivity index (χ3n) is 5.45. The van der Waals surface area contributed by atoms with E-state index in [9.17, 15) is 18.0 Å². The van der Waals surface area contributed by atoms with E-state index in [1.54, 1.807) is 61.2 Å². The minimum atomic E-state index is -3.71. The van der Waals surface area contributed by atoms with Gasteiger partial charge in [0.05, 0.1) is 23.1 Å². The molecule has 0 radical (unpaired) electrons. The first-order valence-corrected chi connectivity index (χ1v) is 11.9. The van der Waals surface area contributed by atoms with Gasteiger partial charge in [-0.05, 0) is 69.5 Å². The van der Waals surface area contributed by atoms with Gasteiger partial charge in [-0.2, -0.15) is 0 Å². The maximum Gasteiger partial charge on any atom is 0.309 e. The van der Waals surface area contributed by atoms with Crippen molar-refractivity contribution in [3.05, 3.63) is 59.2 Å². The highest BCUT2D eigenvalue weighted by Gasteiger charge is 2.28. The van der Waals surface area contributed by atoms with Crippen LogP contribution in [0.15, 0.2) is 47.4 Å². The number of carbonyl (C=O) groups excluding carboxylic acids is 2. The minimum Gasteiger partial charge on any atom is -0.466 e. The van der Waals surface area contributed by atoms with E-state index in [2.05, 4.69) is 4.72 Å². The second kappa shape index (κ2) is 9.51. The number of carbonyl (C=O) groups is 2. The lowest BCUT2D eigenvalue weighted by Gasteiger charge is -2.31. The lowest BCUT2D eigenvalue weighted by Crippen LogP contribution is -2.40. The monoisotopic (exact) mass is 444 g/mol. The highest BCUT2D eigenvalue weighted by Crippen LogP contribution is 2.24. The summed E-state index contributed by atoms with van der Waals surface area (Å²) in [6.07, 6.45) is 1.16. The molecule has 7 nitrogen and oxygen atoms in total. The molecule has 166 valence electrons. The number of likely N-dealkylation sites (tertiary alicyclic amines) is 1. The lowest BCUT2D eigenvalue weighted by atomic mass is 9.96. The Kier molecular flexibility index (Phi) is 7.00. The Labute approximate surface area is 183 Å². The van der Waals surface area contributed by atoms with E-state index in [1.807, 2.05) is 6.92 Å². The van der Waals surface area contributed by atoms with E-state index < -0.39 is 10.0 Å². The molecule has 1 aliphatic rings. The highest BCUT2D eigenvalue weighted by molar-refractivity contribution is 7.92. The van der Waals surface area contributed by atoms with Crippen LogP contribution in [0.1, 0.15) is 41.3 Å². The second-order valence-electron chi connectivity index (χ2n) is 7.77. The fourth-order valence-corrected chi connectivity index (χ4v) is 4.72. The number of aryl methyl sites for hydroxylation is 2. The first-order valence-electron chi connectivity index (χ1n) is 10.4. The molecule has 1 amide bonds. The Morgan fingerprint density at radius 1 is 1.06 bits per heavy atom. The third-order valence-corrected chi connectivity index (χ3v) is 6.83. The molecule has 1 aliphatic heterocycles. The van der Waals surface area contributed by atoms with E-state index in [0.29, 0.717) is 49.4 Å². The minimum absolute atomic E-state index is 0.127. The van der Waals surface area contributed by atoms with Crippen molar-refractivity contribution in [2.75, 3.05) is 24.4 Å². The normalized spacial score (nSPS) is 14.9. The Hall–Kier alpha value is -2.87. The average Bonchev–Trinajstić information content (AvgIpc) is 2.75. The van der Waals surface area contributed by atoms with Crippen molar-refractivity contribution in [3.63, 3.8) is 0 Å². The van der Waals surface area contributed by atoms with Gasteiger partial charge in [-0.15, -0.1) is 0 Å². The van der Waals surface area contributed by atoms with E-state index in [1.165, 1.54) is 0 Å². The number of piperidine rings is 1. The van der Waals surface area contributed by atoms with Crippen LogP contribution in [0.4, 0.5) is 5.69 Å². The lowest BCUT2D eigenvalue weighted by molar-refractivity contribution is -0.149. The molecule has 0 saturated carbocycles. The van der Waals surface area contributed by atoms with E-state index >= 15 is 0 Å². The Morgan fingerprint density at radius 2 is 1.71 bits per heavy atom. The molecular formula is C23H28N2O5S. The smallest absolute Gasteiger partial charge is 0.309 e. The van der Waals surface area contributed by atoms with Gasteiger partial charge in [0, 0.05) is 18.7 Å². The van der Waals surface area contributed by atoms with Crippen molar-refractivity contribution in [2.45, 2.75) is 38.5 Å². The summed E-state index contributed by atoms with van der Waals surface area (Å²) in [7, 11) is -3.71. The van der Waals surface area contributed by atoms with Crippen LogP contribution in [0.5, 0.6) is 0 Å². The summed E-state index contributed by atoms with van der Waals surface area (Å²) in [5.41, 5.74) is 2.55. The molecule has 1 heterocycles. The van der Waals surface area contributed by atoms with E-state index in [-0.39, 0.29) is 22.7 Å². The van der Waals surface area contributed by atoms with Crippen LogP contribution in [0, 0.1) is 19.8 Å². The summed E-state index contributed by atoms with van der Waals surface area (Å²) in [5.74, 6) is -0.488. The van der Waals surface area contributed by atoms with Crippen LogP contribution in [0.2, 0.25) is 0 Å². The van der Waals surface area contributed by atoms with Crippen molar-refractivity contribution in [1.82, 2.24) is 4.90 Å². The Bertz CT molecular complexity index is 1060. The highest BCUT2D eigenvalue weighted by atomic mass is 32.2. The number of nitrogens with one attached hydrogen (secondary N) is 1. The fourth-order valence-electron chi connectivity index (χ4n) is 3.59. The molecule has 31 heavy (non-hydrogen) atoms. The zero-order valence-corrected chi connectivity index (χ0v) is 18.9. The maximum absolute atomic E-state index is 12.9. The summed E-state index contributed by atoms with van der Waals surface area (Å²) in [6, 6.07) is 11.5. The van der Waals surface area contributed by atoms with Crippen LogP contribution in [-0.2, 0) is 19.6 Å². The summed E-state index contributed by atoms with van der Waals surface area (Å²) in [5, 5.41) is 0. The Morgan fingerprint density at radius 3 is 2.29 bits per heavy atom. The molecule has 0 aliphatic carbocycles. The molecule has 8 heteroatoms. The van der Waals surface area contributed by atoms with Gasteiger partial charge in [0.2, 0.25) is 0 Å². The maximum atomic E-state index is 12.9. The zero-order chi connectivity index (χ0) is 22.6. The molecule has 0 spiro atoms. The standard InChI is InChI=1S/C23H28N2O5S/c1-4-30-23(27)18-11-13-25(14-12-18)22(26)19-7-10-21(17(3)15-19)24-31(28,29)20-8-5-16(2)6-9-20/h5-10,15,18,24H,4,11-14H2,1-3H3. The number of sulfonamides is 1. The SMILES string of the molecule is CCOC(=O)C1CCN(C(=O)c2ccc(NS(=O)(=O)c3ccc(C)cc3)c(C)c2)CC1. The van der Waals surface area contributed by atoms with Crippen molar-refractivity contribution < 1.29 is 22.7 Å².